The van der Waals surface area contributed by atoms with E-state index in [1.165, 1.54) is 74.7 Å². The summed E-state index contributed by atoms with van der Waals surface area (Å²) in [5, 5.41) is 3.89. The van der Waals surface area contributed by atoms with Gasteiger partial charge in [-0.05, 0) is 80.4 Å². The number of rotatable bonds is 6. The molecule has 0 N–H and O–H groups in total. The molecule has 1 aromatic heterocycles. The number of hydrogen-bond acceptors (Lipinski definition) is 1. The summed E-state index contributed by atoms with van der Waals surface area (Å²) in [4.78, 5) is 0. The van der Waals surface area contributed by atoms with Gasteiger partial charge in [-0.15, -0.1) is 11.3 Å². The molecule has 6 rings (SSSR count). The molecule has 0 bridgehead atoms. The molecule has 5 aromatic carbocycles. The molecular formula is C38H31BrS. The van der Waals surface area contributed by atoms with Crippen LogP contribution >= 0.6 is 27.3 Å². The molecule has 0 fully saturated rings. The highest BCUT2D eigenvalue weighted by molar-refractivity contribution is 9.11. The van der Waals surface area contributed by atoms with E-state index in [0.717, 1.165) is 6.42 Å². The molecule has 1 heterocycles. The maximum Gasteiger partial charge on any atom is 0.0789 e. The van der Waals surface area contributed by atoms with E-state index in [0.29, 0.717) is 0 Å². The van der Waals surface area contributed by atoms with Crippen molar-refractivity contribution in [1.29, 1.82) is 0 Å². The second-order valence-electron chi connectivity index (χ2n) is 10.1. The van der Waals surface area contributed by atoms with Crippen molar-refractivity contribution in [3.05, 3.63) is 136 Å². The normalized spacial score (nSPS) is 12.2. The van der Waals surface area contributed by atoms with Crippen LogP contribution in [0.2, 0.25) is 0 Å². The third-order valence-electron chi connectivity index (χ3n) is 7.49. The van der Waals surface area contributed by atoms with Gasteiger partial charge >= 0.3 is 0 Å². The summed E-state index contributed by atoms with van der Waals surface area (Å²) in [6, 6.07) is 37.6. The van der Waals surface area contributed by atoms with Gasteiger partial charge in [0.2, 0.25) is 0 Å². The number of thiophene rings is 1. The van der Waals surface area contributed by atoms with E-state index in [9.17, 15) is 0 Å². The fourth-order valence-corrected chi connectivity index (χ4v) is 7.72. The fraction of sp³-hybridized carbons (Fsp3) is 0.105. The number of halogens is 1. The smallest absolute Gasteiger partial charge is 0.0789 e. The van der Waals surface area contributed by atoms with Crippen LogP contribution in [0.5, 0.6) is 0 Å². The van der Waals surface area contributed by atoms with Gasteiger partial charge in [0.15, 0.2) is 0 Å². The minimum atomic E-state index is 0.970. The first-order chi connectivity index (χ1) is 19.6. The zero-order chi connectivity index (χ0) is 27.6. The number of fused-ring (bicyclic) bond motifs is 3. The predicted molar refractivity (Wildman–Crippen MR) is 181 cm³/mol. The minimum absolute atomic E-state index is 0.970. The van der Waals surface area contributed by atoms with E-state index in [2.05, 4.69) is 158 Å². The van der Waals surface area contributed by atoms with Crippen LogP contribution in [0.1, 0.15) is 31.4 Å². The summed E-state index contributed by atoms with van der Waals surface area (Å²) in [6.45, 7) is 6.46. The molecule has 6 aromatic rings. The molecule has 40 heavy (non-hydrogen) atoms. The zero-order valence-electron chi connectivity index (χ0n) is 23.0. The van der Waals surface area contributed by atoms with Crippen LogP contribution in [0, 0.1) is 6.92 Å². The second-order valence-corrected chi connectivity index (χ2v) is 12.5. The Bertz CT molecular complexity index is 1870. The maximum atomic E-state index is 4.00. The molecule has 2 heteroatoms. The molecule has 0 radical (unpaired) electrons. The first kappa shape index (κ1) is 26.5. The van der Waals surface area contributed by atoms with E-state index < -0.39 is 0 Å². The Morgan fingerprint density at radius 3 is 1.93 bits per heavy atom. The van der Waals surface area contributed by atoms with Crippen molar-refractivity contribution in [1.82, 2.24) is 0 Å². The van der Waals surface area contributed by atoms with E-state index in [1.54, 1.807) is 0 Å². The standard InChI is InChI=1S/C38H31BrS/c1-4-11-28(12-5-2)34-33(30-23-21-27(22-24-30)26-19-17-25(3)18-20-26)31-15-9-10-16-32(31)36-35(38(39)40-37(34)36)29-13-7-6-8-14-29/h4,6-24H,5H2,1-3H3/b11-4-,28-12+. The predicted octanol–water partition coefficient (Wildman–Crippen LogP) is 12.5. The lowest BCUT2D eigenvalue weighted by Crippen LogP contribution is -1.93. The van der Waals surface area contributed by atoms with Crippen molar-refractivity contribution in [3.63, 3.8) is 0 Å². The lowest BCUT2D eigenvalue weighted by atomic mass is 9.85. The molecule has 0 nitrogen and oxygen atoms in total. The van der Waals surface area contributed by atoms with Crippen LogP contribution in [0.4, 0.5) is 0 Å². The van der Waals surface area contributed by atoms with Gasteiger partial charge in [-0.3, -0.25) is 0 Å². The first-order valence-electron chi connectivity index (χ1n) is 13.8. The Morgan fingerprint density at radius 1 is 0.700 bits per heavy atom. The molecular weight excluding hydrogens is 568 g/mol. The average molecular weight is 600 g/mol. The molecule has 0 unspecified atom stereocenters. The van der Waals surface area contributed by atoms with Gasteiger partial charge in [0.1, 0.15) is 0 Å². The van der Waals surface area contributed by atoms with Gasteiger partial charge in [0, 0.05) is 21.2 Å². The van der Waals surface area contributed by atoms with Crippen LogP contribution in [0.15, 0.2) is 125 Å². The van der Waals surface area contributed by atoms with Gasteiger partial charge in [-0.25, -0.2) is 0 Å². The molecule has 0 spiro atoms. The quantitative estimate of drug-likeness (QED) is 0.167. The molecule has 0 aliphatic heterocycles. The molecule has 0 aliphatic carbocycles. The van der Waals surface area contributed by atoms with E-state index in [-0.39, 0.29) is 0 Å². The Morgan fingerprint density at radius 2 is 1.27 bits per heavy atom. The Kier molecular flexibility index (Phi) is 7.56. The highest BCUT2D eigenvalue weighted by Crippen LogP contribution is 2.52. The number of hydrogen-bond donors (Lipinski definition) is 0. The molecule has 0 aliphatic rings. The average Bonchev–Trinajstić information content (AvgIpc) is 3.34. The third kappa shape index (κ3) is 4.76. The lowest BCUT2D eigenvalue weighted by Gasteiger charge is -2.18. The highest BCUT2D eigenvalue weighted by Gasteiger charge is 2.23. The van der Waals surface area contributed by atoms with Gasteiger partial charge < -0.3 is 0 Å². The first-order valence-corrected chi connectivity index (χ1v) is 15.4. The maximum absolute atomic E-state index is 4.00. The molecule has 0 atom stereocenters. The fourth-order valence-electron chi connectivity index (χ4n) is 5.67. The minimum Gasteiger partial charge on any atom is -0.127 e. The Balaban J connectivity index is 1.71. The summed E-state index contributed by atoms with van der Waals surface area (Å²) >= 11 is 5.84. The summed E-state index contributed by atoms with van der Waals surface area (Å²) < 4.78 is 2.49. The number of aryl methyl sites for hydroxylation is 1. The zero-order valence-corrected chi connectivity index (χ0v) is 25.4. The largest absolute Gasteiger partial charge is 0.127 e. The van der Waals surface area contributed by atoms with Crippen LogP contribution in [0.3, 0.4) is 0 Å². The monoisotopic (exact) mass is 598 g/mol. The number of allylic oxidation sites excluding steroid dienone is 4. The van der Waals surface area contributed by atoms with Gasteiger partial charge in [-0.2, -0.15) is 0 Å². The van der Waals surface area contributed by atoms with Gasteiger partial charge in [0.25, 0.3) is 0 Å². The van der Waals surface area contributed by atoms with Crippen molar-refractivity contribution in [2.75, 3.05) is 0 Å². The van der Waals surface area contributed by atoms with Gasteiger partial charge in [-0.1, -0.05) is 134 Å². The SMILES string of the molecule is C/C=C\C(=C/CC)c1c(-c2ccc(-c3ccc(C)cc3)cc2)c2ccccc2c2c(-c3ccccc3)c(Br)sc12. The summed E-state index contributed by atoms with van der Waals surface area (Å²) in [7, 11) is 0. The van der Waals surface area contributed by atoms with E-state index in [4.69, 9.17) is 0 Å². The summed E-state index contributed by atoms with van der Waals surface area (Å²) in [5.41, 5.74) is 11.4. The number of benzene rings is 5. The van der Waals surface area contributed by atoms with Gasteiger partial charge in [0.05, 0.1) is 3.79 Å². The van der Waals surface area contributed by atoms with Crippen molar-refractivity contribution in [2.45, 2.75) is 27.2 Å². The van der Waals surface area contributed by atoms with E-state index >= 15 is 0 Å². The third-order valence-corrected chi connectivity index (χ3v) is 9.37. The van der Waals surface area contributed by atoms with E-state index in [1.807, 2.05) is 11.3 Å². The van der Waals surface area contributed by atoms with Crippen LogP contribution < -0.4 is 0 Å². The Labute approximate surface area is 249 Å². The molecule has 0 amide bonds. The molecule has 0 saturated heterocycles. The van der Waals surface area contributed by atoms with Crippen molar-refractivity contribution in [3.8, 4) is 33.4 Å². The van der Waals surface area contributed by atoms with Crippen molar-refractivity contribution >= 4 is 53.7 Å². The highest BCUT2D eigenvalue weighted by atomic mass is 79.9. The molecule has 0 saturated carbocycles. The Hall–Kier alpha value is -3.72. The van der Waals surface area contributed by atoms with Crippen LogP contribution in [-0.4, -0.2) is 0 Å². The topological polar surface area (TPSA) is 0 Å². The van der Waals surface area contributed by atoms with Crippen LogP contribution in [0.25, 0.3) is 59.8 Å². The molecule has 196 valence electrons. The lowest BCUT2D eigenvalue weighted by molar-refractivity contribution is 1.23. The summed E-state index contributed by atoms with van der Waals surface area (Å²) in [5.74, 6) is 0. The van der Waals surface area contributed by atoms with Crippen molar-refractivity contribution in [2.24, 2.45) is 0 Å². The summed E-state index contributed by atoms with van der Waals surface area (Å²) in [6.07, 6.45) is 7.77. The van der Waals surface area contributed by atoms with Crippen molar-refractivity contribution < 1.29 is 0 Å². The van der Waals surface area contributed by atoms with Crippen LogP contribution in [-0.2, 0) is 0 Å². The second kappa shape index (κ2) is 11.4.